The Hall–Kier alpha value is -2.09. The summed E-state index contributed by atoms with van der Waals surface area (Å²) < 4.78 is 5.45. The molecule has 2 heterocycles. The third-order valence-corrected chi connectivity index (χ3v) is 4.98. The molecule has 4 N–H and O–H groups in total. The molecule has 0 unspecified atom stereocenters. The van der Waals surface area contributed by atoms with Crippen LogP contribution in [0.4, 0.5) is 0 Å². The van der Waals surface area contributed by atoms with Gasteiger partial charge in [0.15, 0.2) is 11.2 Å². The van der Waals surface area contributed by atoms with Crippen molar-refractivity contribution in [2.24, 2.45) is 0 Å². The van der Waals surface area contributed by atoms with Crippen molar-refractivity contribution in [1.82, 2.24) is 0 Å². The summed E-state index contributed by atoms with van der Waals surface area (Å²) in [4.78, 5) is 24.1. The fourth-order valence-electron chi connectivity index (χ4n) is 2.54. The molecule has 1 aliphatic rings. The van der Waals surface area contributed by atoms with Crippen LogP contribution in [0.15, 0.2) is 38.4 Å². The van der Waals surface area contributed by atoms with Gasteiger partial charge < -0.3 is 25.2 Å². The van der Waals surface area contributed by atoms with Crippen LogP contribution >= 0.6 is 11.8 Å². The molecule has 0 amide bonds. The van der Waals surface area contributed by atoms with E-state index in [-0.39, 0.29) is 12.0 Å². The molecule has 0 saturated carbocycles. The molecule has 140 valence electrons. The number of rotatable bonds is 5. The first kappa shape index (κ1) is 20.2. The maximum atomic E-state index is 12.1. The number of thioether (sulfide) groups is 1. The zero-order valence-corrected chi connectivity index (χ0v) is 15.6. The fraction of sp³-hybridized carbons (Fsp3) is 0.368. The lowest BCUT2D eigenvalue weighted by molar-refractivity contribution is -0.372. The molecule has 3 rings (SSSR count). The first-order chi connectivity index (χ1) is 12.5. The number of aliphatic hydroxyl groups excluding tert-OH is 1. The Morgan fingerprint density at radius 2 is 2.12 bits per heavy atom. The van der Waals surface area contributed by atoms with E-state index < -0.39 is 11.7 Å². The summed E-state index contributed by atoms with van der Waals surface area (Å²) in [6.45, 7) is 2.97. The zero-order valence-electron chi connectivity index (χ0n) is 14.7. The van der Waals surface area contributed by atoms with Gasteiger partial charge in [-0.05, 0) is 30.5 Å². The van der Waals surface area contributed by atoms with Crippen LogP contribution in [0.3, 0.4) is 0 Å². The van der Waals surface area contributed by atoms with Gasteiger partial charge in [-0.2, -0.15) is 0 Å². The predicted octanol–water partition coefficient (Wildman–Crippen LogP) is 0.839. The van der Waals surface area contributed by atoms with Crippen molar-refractivity contribution in [2.45, 2.75) is 36.8 Å². The third kappa shape index (κ3) is 4.75. The Labute approximate surface area is 156 Å². The number of aromatic carboxylic acids is 1. The molecule has 0 radical (unpaired) electrons. The first-order valence-electron chi connectivity index (χ1n) is 8.56. The van der Waals surface area contributed by atoms with Crippen molar-refractivity contribution in [3.8, 4) is 11.3 Å². The molecule has 1 aromatic carbocycles. The molecule has 1 aliphatic heterocycles. The molecule has 2 aromatic rings. The van der Waals surface area contributed by atoms with Gasteiger partial charge in [0.25, 0.3) is 0 Å². The van der Waals surface area contributed by atoms with Crippen LogP contribution in [0, 0.1) is 0 Å². The van der Waals surface area contributed by atoms with Gasteiger partial charge >= 0.3 is 0 Å². The van der Waals surface area contributed by atoms with E-state index in [9.17, 15) is 14.7 Å². The Morgan fingerprint density at radius 1 is 1.38 bits per heavy atom. The lowest BCUT2D eigenvalue weighted by Gasteiger charge is -2.19. The minimum absolute atomic E-state index is 0.208. The van der Waals surface area contributed by atoms with Crippen LogP contribution in [0.1, 0.15) is 41.4 Å². The Kier molecular flexibility index (Phi) is 7.44. The standard InChI is InChI=1S/C17H16O4S.C2H7NO/c1-2-3-4-10-5-6-15-11(7-10)16-12(9-22-15)13(18)8-14(21-16)17(19)20;3-1-2-4/h5-8H,2-4,9H2,1H3,(H,19,20);4H,1-3H2. The molecule has 7 heteroatoms. The van der Waals surface area contributed by atoms with Crippen LogP contribution in [0.2, 0.25) is 0 Å². The lowest BCUT2D eigenvalue weighted by Crippen LogP contribution is -2.51. The number of carbonyl (C=O) groups excluding carboxylic acids is 1. The second kappa shape index (κ2) is 9.56. The number of carboxylic acids is 1. The highest BCUT2D eigenvalue weighted by Gasteiger charge is 2.23. The highest BCUT2D eigenvalue weighted by Crippen LogP contribution is 2.41. The van der Waals surface area contributed by atoms with E-state index in [1.807, 2.05) is 12.1 Å². The van der Waals surface area contributed by atoms with E-state index in [0.29, 0.717) is 23.6 Å². The van der Waals surface area contributed by atoms with E-state index in [4.69, 9.17) is 9.52 Å². The average Bonchev–Trinajstić information content (AvgIpc) is 2.66. The Morgan fingerprint density at radius 3 is 2.73 bits per heavy atom. The summed E-state index contributed by atoms with van der Waals surface area (Å²) in [5.41, 5.74) is 5.54. The van der Waals surface area contributed by atoms with Crippen molar-refractivity contribution in [3.05, 3.63) is 51.4 Å². The summed E-state index contributed by atoms with van der Waals surface area (Å²) >= 11 is 1.57. The van der Waals surface area contributed by atoms with Crippen molar-refractivity contribution in [1.29, 1.82) is 0 Å². The molecule has 1 aromatic heterocycles. The minimum Gasteiger partial charge on any atom is -0.542 e. The van der Waals surface area contributed by atoms with Gasteiger partial charge in [-0.3, -0.25) is 4.79 Å². The summed E-state index contributed by atoms with van der Waals surface area (Å²) in [6.07, 6.45) is 3.14. The fourth-order valence-corrected chi connectivity index (χ4v) is 3.59. The number of quaternary nitrogens is 1. The quantitative estimate of drug-likeness (QED) is 0.797. The number of hydrogen-bond acceptors (Lipinski definition) is 6. The molecule has 0 bridgehead atoms. The first-order valence-corrected chi connectivity index (χ1v) is 9.54. The normalized spacial score (nSPS) is 11.8. The van der Waals surface area contributed by atoms with Crippen molar-refractivity contribution < 1.29 is 25.2 Å². The van der Waals surface area contributed by atoms with Gasteiger partial charge in [0.1, 0.15) is 11.7 Å². The maximum Gasteiger partial charge on any atom is 0.190 e. The van der Waals surface area contributed by atoms with Gasteiger partial charge in [0, 0.05) is 22.3 Å². The number of fused-ring (bicyclic) bond motifs is 3. The van der Waals surface area contributed by atoms with Crippen LogP contribution in [0.5, 0.6) is 0 Å². The topological polar surface area (TPSA) is 118 Å². The van der Waals surface area contributed by atoms with Gasteiger partial charge in [0.05, 0.1) is 18.7 Å². The van der Waals surface area contributed by atoms with Crippen LogP contribution < -0.4 is 16.3 Å². The second-order valence-corrected chi connectivity index (χ2v) is 6.89. The van der Waals surface area contributed by atoms with Gasteiger partial charge in [-0.15, -0.1) is 11.8 Å². The smallest absolute Gasteiger partial charge is 0.190 e. The molecular formula is C19H23NO5S. The van der Waals surface area contributed by atoms with Gasteiger partial charge in [0.2, 0.25) is 0 Å². The SMILES string of the molecule is CCCCc1ccc2c(c1)-c1oc(C(=O)[O-])cc(=O)c1CS2.[NH3+]CCO. The highest BCUT2D eigenvalue weighted by atomic mass is 32.2. The van der Waals surface area contributed by atoms with Crippen LogP contribution in [-0.4, -0.2) is 24.2 Å². The van der Waals surface area contributed by atoms with Crippen molar-refractivity contribution >= 4 is 17.7 Å². The molecule has 0 atom stereocenters. The number of hydrogen-bond donors (Lipinski definition) is 2. The monoisotopic (exact) mass is 377 g/mol. The molecular weight excluding hydrogens is 354 g/mol. The molecule has 0 spiro atoms. The number of unbranched alkanes of at least 4 members (excludes halogenated alkanes) is 1. The Bertz CT molecular complexity index is 829. The van der Waals surface area contributed by atoms with E-state index in [1.165, 1.54) is 0 Å². The van der Waals surface area contributed by atoms with E-state index >= 15 is 0 Å². The lowest BCUT2D eigenvalue weighted by atomic mass is 10.0. The summed E-state index contributed by atoms with van der Waals surface area (Å²) in [5.74, 6) is -1.02. The molecule has 0 saturated heterocycles. The van der Waals surface area contributed by atoms with E-state index in [2.05, 4.69) is 18.7 Å². The van der Waals surface area contributed by atoms with E-state index in [0.717, 1.165) is 41.4 Å². The summed E-state index contributed by atoms with van der Waals surface area (Å²) in [7, 11) is 0. The highest BCUT2D eigenvalue weighted by molar-refractivity contribution is 7.98. The number of aliphatic hydroxyl groups is 1. The average molecular weight is 377 g/mol. The Balaban J connectivity index is 0.000000552. The summed E-state index contributed by atoms with van der Waals surface area (Å²) in [5, 5.41) is 18.8. The van der Waals surface area contributed by atoms with Crippen LogP contribution in [-0.2, 0) is 12.2 Å². The second-order valence-electron chi connectivity index (χ2n) is 5.87. The number of carbonyl (C=O) groups is 1. The minimum atomic E-state index is -1.47. The summed E-state index contributed by atoms with van der Waals surface area (Å²) in [6, 6.07) is 7.09. The van der Waals surface area contributed by atoms with Crippen LogP contribution in [0.25, 0.3) is 11.3 Å². The van der Waals surface area contributed by atoms with Crippen molar-refractivity contribution in [3.63, 3.8) is 0 Å². The maximum absolute atomic E-state index is 12.1. The molecule has 6 nitrogen and oxygen atoms in total. The van der Waals surface area contributed by atoms with Gasteiger partial charge in [-0.25, -0.2) is 0 Å². The number of aryl methyl sites for hydroxylation is 1. The number of benzene rings is 1. The van der Waals surface area contributed by atoms with Crippen molar-refractivity contribution in [2.75, 3.05) is 13.2 Å². The predicted molar refractivity (Wildman–Crippen MR) is 97.8 cm³/mol. The zero-order chi connectivity index (χ0) is 19.1. The van der Waals surface area contributed by atoms with Gasteiger partial charge in [-0.1, -0.05) is 19.4 Å². The number of carboxylic acid groups (broad SMARTS) is 1. The van der Waals surface area contributed by atoms with E-state index in [1.54, 1.807) is 11.8 Å². The molecule has 0 fully saturated rings. The molecule has 0 aliphatic carbocycles. The third-order valence-electron chi connectivity index (χ3n) is 3.88. The molecule has 26 heavy (non-hydrogen) atoms. The largest absolute Gasteiger partial charge is 0.542 e.